The van der Waals surface area contributed by atoms with Crippen LogP contribution in [0.2, 0.25) is 0 Å². The van der Waals surface area contributed by atoms with Gasteiger partial charge in [-0.05, 0) is 27.7 Å². The zero-order chi connectivity index (χ0) is 17.7. The number of nitrogens with one attached hydrogen (secondary N) is 1. The third-order valence-corrected chi connectivity index (χ3v) is 4.05. The number of aliphatic carboxylic acids is 1. The predicted octanol–water partition coefficient (Wildman–Crippen LogP) is -0.0262. The molecule has 9 nitrogen and oxygen atoms in total. The van der Waals surface area contributed by atoms with E-state index in [2.05, 4.69) is 5.32 Å². The van der Waals surface area contributed by atoms with Crippen LogP contribution in [-0.2, 0) is 33.3 Å². The van der Waals surface area contributed by atoms with Crippen molar-refractivity contribution in [1.29, 1.82) is 0 Å². The SMILES string of the molecule is CC1(C)O[C@@H]2O[C@H](C(=O)NCCC(=O)O)[C@@H]3OC(C)(C)O[C@@H]3[C@@H]2O1. The molecule has 24 heavy (non-hydrogen) atoms. The second-order valence-electron chi connectivity index (χ2n) is 7.02. The minimum atomic E-state index is -0.992. The summed E-state index contributed by atoms with van der Waals surface area (Å²) < 4.78 is 29.0. The number of carboxylic acids is 1. The molecule has 3 saturated heterocycles. The highest BCUT2D eigenvalue weighted by Crippen LogP contribution is 2.44. The van der Waals surface area contributed by atoms with Gasteiger partial charge in [-0.2, -0.15) is 0 Å². The predicted molar refractivity (Wildman–Crippen MR) is 77.8 cm³/mol. The maximum atomic E-state index is 12.4. The summed E-state index contributed by atoms with van der Waals surface area (Å²) in [6.45, 7) is 7.02. The van der Waals surface area contributed by atoms with Gasteiger partial charge in [-0.15, -0.1) is 0 Å². The van der Waals surface area contributed by atoms with E-state index in [1.807, 2.05) is 0 Å². The van der Waals surface area contributed by atoms with Gasteiger partial charge in [-0.3, -0.25) is 9.59 Å². The van der Waals surface area contributed by atoms with Gasteiger partial charge in [0.1, 0.15) is 18.3 Å². The van der Waals surface area contributed by atoms with Crippen molar-refractivity contribution in [1.82, 2.24) is 5.32 Å². The minimum Gasteiger partial charge on any atom is -0.481 e. The number of ether oxygens (including phenoxy) is 5. The molecule has 0 radical (unpaired) electrons. The molecule has 0 unspecified atom stereocenters. The van der Waals surface area contributed by atoms with Crippen molar-refractivity contribution in [3.05, 3.63) is 0 Å². The second kappa shape index (κ2) is 5.92. The van der Waals surface area contributed by atoms with E-state index in [0.29, 0.717) is 0 Å². The average Bonchev–Trinajstić information content (AvgIpc) is 2.91. The lowest BCUT2D eigenvalue weighted by Crippen LogP contribution is -2.59. The highest BCUT2D eigenvalue weighted by molar-refractivity contribution is 5.82. The fourth-order valence-electron chi connectivity index (χ4n) is 3.22. The Labute approximate surface area is 139 Å². The molecule has 136 valence electrons. The van der Waals surface area contributed by atoms with Gasteiger partial charge in [-0.1, -0.05) is 0 Å². The van der Waals surface area contributed by atoms with Gasteiger partial charge in [-0.25, -0.2) is 0 Å². The molecule has 3 rings (SSSR count). The molecule has 0 saturated carbocycles. The molecule has 1 amide bonds. The normalized spacial score (nSPS) is 39.1. The van der Waals surface area contributed by atoms with Crippen molar-refractivity contribution in [2.24, 2.45) is 0 Å². The highest BCUT2D eigenvalue weighted by Gasteiger charge is 2.62. The topological polar surface area (TPSA) is 113 Å². The Bertz CT molecular complexity index is 534. The molecule has 2 N–H and O–H groups in total. The zero-order valence-electron chi connectivity index (χ0n) is 14.1. The van der Waals surface area contributed by atoms with Gasteiger partial charge in [0.25, 0.3) is 5.91 Å². The maximum Gasteiger partial charge on any atom is 0.305 e. The Morgan fingerprint density at radius 1 is 0.958 bits per heavy atom. The number of fused-ring (bicyclic) bond motifs is 3. The van der Waals surface area contributed by atoms with Crippen LogP contribution in [0.15, 0.2) is 0 Å². The van der Waals surface area contributed by atoms with E-state index in [0.717, 1.165) is 0 Å². The van der Waals surface area contributed by atoms with Crippen molar-refractivity contribution in [3.8, 4) is 0 Å². The van der Waals surface area contributed by atoms with Crippen LogP contribution in [0.4, 0.5) is 0 Å². The first-order valence-corrected chi connectivity index (χ1v) is 7.94. The van der Waals surface area contributed by atoms with Crippen molar-refractivity contribution in [2.75, 3.05) is 6.54 Å². The summed E-state index contributed by atoms with van der Waals surface area (Å²) in [6.07, 6.45) is -3.58. The monoisotopic (exact) mass is 345 g/mol. The first-order chi connectivity index (χ1) is 11.1. The van der Waals surface area contributed by atoms with Crippen LogP contribution >= 0.6 is 0 Å². The van der Waals surface area contributed by atoms with Gasteiger partial charge < -0.3 is 34.1 Å². The molecule has 3 aliphatic heterocycles. The molecule has 0 spiro atoms. The van der Waals surface area contributed by atoms with Crippen molar-refractivity contribution >= 4 is 11.9 Å². The highest BCUT2D eigenvalue weighted by atomic mass is 16.9. The van der Waals surface area contributed by atoms with Crippen molar-refractivity contribution in [3.63, 3.8) is 0 Å². The van der Waals surface area contributed by atoms with Crippen LogP contribution in [0.5, 0.6) is 0 Å². The fourth-order valence-corrected chi connectivity index (χ4v) is 3.22. The third kappa shape index (κ3) is 3.40. The Hall–Kier alpha value is -1.26. The quantitative estimate of drug-likeness (QED) is 0.731. The van der Waals surface area contributed by atoms with Crippen molar-refractivity contribution in [2.45, 2.75) is 76.4 Å². The third-order valence-electron chi connectivity index (χ3n) is 4.05. The summed E-state index contributed by atoms with van der Waals surface area (Å²) in [5.74, 6) is -3.19. The molecule has 5 atom stereocenters. The second-order valence-corrected chi connectivity index (χ2v) is 7.02. The van der Waals surface area contributed by atoms with Gasteiger partial charge in [0.15, 0.2) is 24.0 Å². The van der Waals surface area contributed by atoms with E-state index in [4.69, 9.17) is 28.8 Å². The van der Waals surface area contributed by atoms with Crippen LogP contribution in [0, 0.1) is 0 Å². The number of amides is 1. The smallest absolute Gasteiger partial charge is 0.305 e. The van der Waals surface area contributed by atoms with Crippen LogP contribution in [0.1, 0.15) is 34.1 Å². The van der Waals surface area contributed by atoms with Crippen molar-refractivity contribution < 1.29 is 38.4 Å². The van der Waals surface area contributed by atoms with Gasteiger partial charge in [0.05, 0.1) is 6.42 Å². The van der Waals surface area contributed by atoms with Crippen LogP contribution < -0.4 is 5.32 Å². The molecule has 0 aromatic carbocycles. The van der Waals surface area contributed by atoms with E-state index in [1.54, 1.807) is 27.7 Å². The molecule has 3 heterocycles. The van der Waals surface area contributed by atoms with Crippen LogP contribution in [0.25, 0.3) is 0 Å². The number of carboxylic acid groups (broad SMARTS) is 1. The number of carbonyl (C=O) groups is 2. The van der Waals surface area contributed by atoms with Crippen LogP contribution in [0.3, 0.4) is 0 Å². The van der Waals surface area contributed by atoms with Gasteiger partial charge in [0, 0.05) is 6.54 Å². The first kappa shape index (κ1) is 17.6. The summed E-state index contributed by atoms with van der Waals surface area (Å²) in [4.78, 5) is 23.0. The number of hydrogen-bond acceptors (Lipinski definition) is 7. The maximum absolute atomic E-state index is 12.4. The molecule has 3 fully saturated rings. The average molecular weight is 345 g/mol. The molecule has 0 aromatic rings. The fraction of sp³-hybridized carbons (Fsp3) is 0.867. The molecule has 0 aliphatic carbocycles. The Balaban J connectivity index is 1.75. The number of hydrogen-bond donors (Lipinski definition) is 2. The summed E-state index contributed by atoms with van der Waals surface area (Å²) >= 11 is 0. The molecule has 3 aliphatic rings. The summed E-state index contributed by atoms with van der Waals surface area (Å²) in [7, 11) is 0. The largest absolute Gasteiger partial charge is 0.481 e. The lowest BCUT2D eigenvalue weighted by molar-refractivity contribution is -0.231. The first-order valence-electron chi connectivity index (χ1n) is 7.94. The molecule has 0 bridgehead atoms. The van der Waals surface area contributed by atoms with Gasteiger partial charge in [0.2, 0.25) is 0 Å². The minimum absolute atomic E-state index is 0.00656. The van der Waals surface area contributed by atoms with E-state index in [1.165, 1.54) is 0 Å². The summed E-state index contributed by atoms with van der Waals surface area (Å²) in [6, 6.07) is 0. The van der Waals surface area contributed by atoms with E-state index < -0.39 is 54.2 Å². The Morgan fingerprint density at radius 3 is 2.21 bits per heavy atom. The lowest BCUT2D eigenvalue weighted by Gasteiger charge is -2.36. The van der Waals surface area contributed by atoms with E-state index in [9.17, 15) is 9.59 Å². The van der Waals surface area contributed by atoms with Crippen LogP contribution in [-0.4, -0.2) is 65.8 Å². The zero-order valence-corrected chi connectivity index (χ0v) is 14.1. The summed E-state index contributed by atoms with van der Waals surface area (Å²) in [5, 5.41) is 11.2. The molecule has 9 heteroatoms. The molecular formula is C15H23NO8. The van der Waals surface area contributed by atoms with E-state index >= 15 is 0 Å². The standard InChI is InChI=1S/C15H23NO8/c1-14(2)21-8-9(22-14)11-13(24-15(3,4)23-11)20-10(8)12(19)16-6-5-7(17)18/h8-11,13H,5-6H2,1-4H3,(H,16,19)(H,17,18)/t8-,9+,10+,11+,13+/m1/s1. The lowest BCUT2D eigenvalue weighted by atomic mass is 9.98. The Kier molecular flexibility index (Phi) is 4.33. The van der Waals surface area contributed by atoms with E-state index in [-0.39, 0.29) is 13.0 Å². The van der Waals surface area contributed by atoms with Gasteiger partial charge >= 0.3 is 5.97 Å². The molecule has 0 aromatic heterocycles. The number of rotatable bonds is 4. The molecular weight excluding hydrogens is 322 g/mol. The summed E-state index contributed by atoms with van der Waals surface area (Å²) in [5.41, 5.74) is 0. The number of carbonyl (C=O) groups excluding carboxylic acids is 1. The Morgan fingerprint density at radius 2 is 1.54 bits per heavy atom.